The molecule has 7 heteroatoms. The first-order chi connectivity index (χ1) is 14.1. The molecule has 30 heavy (non-hydrogen) atoms. The van der Waals surface area contributed by atoms with Gasteiger partial charge in [0.1, 0.15) is 0 Å². The van der Waals surface area contributed by atoms with Crippen LogP contribution in [0.2, 0.25) is 10.0 Å². The van der Waals surface area contributed by atoms with Crippen molar-refractivity contribution in [2.75, 3.05) is 5.32 Å². The molecule has 0 unspecified atom stereocenters. The van der Waals surface area contributed by atoms with Gasteiger partial charge in [0, 0.05) is 15.7 Å². The Balaban J connectivity index is 1.97. The number of benzene rings is 2. The highest BCUT2D eigenvalue weighted by molar-refractivity contribution is 6.35. The summed E-state index contributed by atoms with van der Waals surface area (Å²) in [6.45, 7) is 10.6. The lowest BCUT2D eigenvalue weighted by Gasteiger charge is -2.33. The van der Waals surface area contributed by atoms with Crippen LogP contribution in [-0.4, -0.2) is 20.2 Å². The van der Waals surface area contributed by atoms with Crippen LogP contribution in [-0.2, 0) is 5.54 Å². The smallest absolute Gasteiger partial charge is 0.176 e. The summed E-state index contributed by atoms with van der Waals surface area (Å²) in [6, 6.07) is 15.4. The van der Waals surface area contributed by atoms with Gasteiger partial charge in [-0.2, -0.15) is 0 Å². The zero-order chi connectivity index (χ0) is 21.9. The van der Waals surface area contributed by atoms with Crippen LogP contribution in [0.4, 0.5) is 5.69 Å². The van der Waals surface area contributed by atoms with Crippen molar-refractivity contribution in [2.24, 2.45) is 5.41 Å². The predicted octanol–water partition coefficient (Wildman–Crippen LogP) is 6.63. The Kier molecular flexibility index (Phi) is 6.53. The third kappa shape index (κ3) is 5.21. The molecule has 0 spiro atoms. The van der Waals surface area contributed by atoms with Crippen molar-refractivity contribution in [1.82, 2.24) is 20.2 Å². The van der Waals surface area contributed by atoms with Gasteiger partial charge in [0.25, 0.3) is 0 Å². The van der Waals surface area contributed by atoms with Crippen LogP contribution in [0.1, 0.15) is 52.0 Å². The summed E-state index contributed by atoms with van der Waals surface area (Å²) in [5, 5.41) is 17.5. The number of allylic oxidation sites excluding steroid dienone is 1. The number of para-hydroxylation sites is 1. The predicted molar refractivity (Wildman–Crippen MR) is 125 cm³/mol. The lowest BCUT2D eigenvalue weighted by atomic mass is 9.85. The van der Waals surface area contributed by atoms with Gasteiger partial charge in [-0.05, 0) is 59.5 Å². The fourth-order valence-electron chi connectivity index (χ4n) is 3.30. The normalized spacial score (nSPS) is 13.6. The Morgan fingerprint density at radius 2 is 1.70 bits per heavy atom. The molecule has 0 fully saturated rings. The van der Waals surface area contributed by atoms with Crippen LogP contribution >= 0.6 is 23.2 Å². The number of halogens is 2. The van der Waals surface area contributed by atoms with Crippen LogP contribution < -0.4 is 5.32 Å². The molecular formula is C23H27Cl2N5. The van der Waals surface area contributed by atoms with E-state index in [0.29, 0.717) is 10.0 Å². The van der Waals surface area contributed by atoms with E-state index in [0.717, 1.165) is 17.1 Å². The largest absolute Gasteiger partial charge is 0.373 e. The van der Waals surface area contributed by atoms with Gasteiger partial charge in [0.2, 0.25) is 0 Å². The van der Waals surface area contributed by atoms with Crippen molar-refractivity contribution < 1.29 is 0 Å². The molecule has 158 valence electrons. The average Bonchev–Trinajstić information content (AvgIpc) is 3.13. The van der Waals surface area contributed by atoms with Crippen molar-refractivity contribution in [1.29, 1.82) is 0 Å². The first-order valence-corrected chi connectivity index (χ1v) is 10.6. The molecule has 0 amide bonds. The minimum absolute atomic E-state index is 0.0916. The number of hydrogen-bond acceptors (Lipinski definition) is 4. The average molecular weight is 444 g/mol. The number of rotatable bonds is 6. The minimum atomic E-state index is -0.486. The second-order valence-corrected chi connectivity index (χ2v) is 9.74. The fraction of sp³-hybridized carbons (Fsp3) is 0.348. The number of aromatic nitrogens is 4. The third-order valence-corrected chi connectivity index (χ3v) is 5.42. The van der Waals surface area contributed by atoms with E-state index in [1.54, 1.807) is 6.07 Å². The van der Waals surface area contributed by atoms with Gasteiger partial charge in [-0.15, -0.1) is 5.10 Å². The number of nitrogens with zero attached hydrogens (tertiary/aromatic N) is 4. The number of anilines is 1. The molecule has 3 rings (SSSR count). The number of nitrogens with one attached hydrogen (secondary N) is 1. The van der Waals surface area contributed by atoms with E-state index in [1.807, 2.05) is 53.2 Å². The Morgan fingerprint density at radius 1 is 1.00 bits per heavy atom. The van der Waals surface area contributed by atoms with Crippen molar-refractivity contribution >= 4 is 35.0 Å². The van der Waals surface area contributed by atoms with Crippen LogP contribution in [0.25, 0.3) is 6.08 Å². The van der Waals surface area contributed by atoms with Gasteiger partial charge < -0.3 is 5.32 Å². The molecule has 0 aliphatic rings. The van der Waals surface area contributed by atoms with Gasteiger partial charge in [0.05, 0.1) is 11.6 Å². The highest BCUT2D eigenvalue weighted by Crippen LogP contribution is 2.35. The highest BCUT2D eigenvalue weighted by Gasteiger charge is 2.34. The fourth-order valence-corrected chi connectivity index (χ4v) is 3.77. The number of tetrazole rings is 1. The molecule has 1 atom stereocenters. The molecule has 0 aliphatic heterocycles. The topological polar surface area (TPSA) is 55.6 Å². The van der Waals surface area contributed by atoms with E-state index >= 15 is 0 Å². The second kappa shape index (κ2) is 8.78. The van der Waals surface area contributed by atoms with E-state index in [9.17, 15) is 0 Å². The van der Waals surface area contributed by atoms with E-state index in [-0.39, 0.29) is 11.5 Å². The second-order valence-electron chi connectivity index (χ2n) is 8.90. The molecule has 1 N–H and O–H groups in total. The van der Waals surface area contributed by atoms with Gasteiger partial charge >= 0.3 is 0 Å². The molecule has 0 aliphatic carbocycles. The summed E-state index contributed by atoms with van der Waals surface area (Å²) < 4.78 is 1.89. The van der Waals surface area contributed by atoms with E-state index in [2.05, 4.69) is 61.5 Å². The van der Waals surface area contributed by atoms with Crippen LogP contribution in [0.3, 0.4) is 0 Å². The van der Waals surface area contributed by atoms with E-state index in [1.165, 1.54) is 0 Å². The Hall–Kier alpha value is -2.37. The van der Waals surface area contributed by atoms with Crippen LogP contribution in [0.5, 0.6) is 0 Å². The Labute approximate surface area is 188 Å². The molecule has 1 heterocycles. The molecule has 3 aromatic rings. The first-order valence-electron chi connectivity index (χ1n) is 9.83. The first kappa shape index (κ1) is 22.3. The van der Waals surface area contributed by atoms with Gasteiger partial charge in [-0.1, -0.05) is 80.4 Å². The standard InChI is InChI=1S/C23H27Cl2N5/c1-22(2,3)20(14-12-16-11-13-17(24)15-19(16)25)30-21(27-28-29-30)23(4,5)26-18-9-7-6-8-10-18/h6-15,20,26H,1-5H3/b14-12+/t20-/m1/s1. The molecule has 0 saturated heterocycles. The van der Waals surface area contributed by atoms with Crippen molar-refractivity contribution in [2.45, 2.75) is 46.2 Å². The summed E-state index contributed by atoms with van der Waals surface area (Å²) in [5.74, 6) is 0.748. The summed E-state index contributed by atoms with van der Waals surface area (Å²) in [7, 11) is 0. The maximum Gasteiger partial charge on any atom is 0.176 e. The zero-order valence-corrected chi connectivity index (χ0v) is 19.4. The molecule has 1 aromatic heterocycles. The summed E-state index contributed by atoms with van der Waals surface area (Å²) >= 11 is 12.4. The Bertz CT molecular complexity index is 1020. The SMILES string of the molecule is CC(C)(Nc1ccccc1)c1nnnn1[C@H](/C=C/c1ccc(Cl)cc1Cl)C(C)(C)C. The van der Waals surface area contributed by atoms with Gasteiger partial charge in [-0.25, -0.2) is 4.68 Å². The van der Waals surface area contributed by atoms with Crippen molar-refractivity contribution in [3.8, 4) is 0 Å². The van der Waals surface area contributed by atoms with Gasteiger partial charge in [0.15, 0.2) is 5.82 Å². The molecule has 5 nitrogen and oxygen atoms in total. The summed E-state index contributed by atoms with van der Waals surface area (Å²) in [5.41, 5.74) is 1.28. The summed E-state index contributed by atoms with van der Waals surface area (Å²) in [4.78, 5) is 0. The highest BCUT2D eigenvalue weighted by atomic mass is 35.5. The molecular weight excluding hydrogens is 417 g/mol. The van der Waals surface area contributed by atoms with Crippen molar-refractivity contribution in [3.05, 3.63) is 76.0 Å². The quantitative estimate of drug-likeness (QED) is 0.464. The minimum Gasteiger partial charge on any atom is -0.373 e. The lowest BCUT2D eigenvalue weighted by Crippen LogP contribution is -2.35. The lowest BCUT2D eigenvalue weighted by molar-refractivity contribution is 0.258. The third-order valence-electron chi connectivity index (χ3n) is 4.85. The van der Waals surface area contributed by atoms with Crippen molar-refractivity contribution in [3.63, 3.8) is 0 Å². The molecule has 0 radical (unpaired) electrons. The number of hydrogen-bond donors (Lipinski definition) is 1. The molecule has 0 saturated carbocycles. The van der Waals surface area contributed by atoms with Gasteiger partial charge in [-0.3, -0.25) is 0 Å². The Morgan fingerprint density at radius 3 is 2.33 bits per heavy atom. The van der Waals surface area contributed by atoms with Crippen LogP contribution in [0, 0.1) is 5.41 Å². The monoisotopic (exact) mass is 443 g/mol. The van der Waals surface area contributed by atoms with E-state index in [4.69, 9.17) is 23.2 Å². The molecule has 2 aromatic carbocycles. The van der Waals surface area contributed by atoms with Crippen LogP contribution in [0.15, 0.2) is 54.6 Å². The maximum absolute atomic E-state index is 6.35. The van der Waals surface area contributed by atoms with E-state index < -0.39 is 5.54 Å². The summed E-state index contributed by atoms with van der Waals surface area (Å²) in [6.07, 6.45) is 4.09. The maximum atomic E-state index is 6.35. The zero-order valence-electron chi connectivity index (χ0n) is 17.9. The molecule has 0 bridgehead atoms.